The molecule has 3 rings (SSSR count). The van der Waals surface area contributed by atoms with Crippen LogP contribution in [0.4, 0.5) is 13.2 Å². The predicted octanol–water partition coefficient (Wildman–Crippen LogP) is 3.70. The third-order valence-corrected chi connectivity index (χ3v) is 3.66. The maximum Gasteiger partial charge on any atom is 0.401 e. The Kier molecular flexibility index (Phi) is 3.01. The Morgan fingerprint density at radius 2 is 2.05 bits per heavy atom. The zero-order valence-electron chi connectivity index (χ0n) is 10.3. The maximum absolute atomic E-state index is 12.3. The van der Waals surface area contributed by atoms with Gasteiger partial charge in [0.1, 0.15) is 0 Å². The SMILES string of the molecule is FC(F)(F)CNC1CCCc2c1[nH]c1ccccc21. The number of aromatic amines is 1. The molecule has 0 saturated carbocycles. The van der Waals surface area contributed by atoms with E-state index < -0.39 is 12.7 Å². The van der Waals surface area contributed by atoms with Crippen LogP contribution in [0.25, 0.3) is 10.9 Å². The van der Waals surface area contributed by atoms with Gasteiger partial charge in [0.25, 0.3) is 0 Å². The number of halogens is 3. The summed E-state index contributed by atoms with van der Waals surface area (Å²) in [6, 6.07) is 7.66. The molecule has 2 nitrogen and oxygen atoms in total. The molecule has 1 unspecified atom stereocenters. The molecule has 1 aliphatic rings. The highest BCUT2D eigenvalue weighted by atomic mass is 19.4. The first-order valence-electron chi connectivity index (χ1n) is 6.44. The van der Waals surface area contributed by atoms with Gasteiger partial charge in [-0.1, -0.05) is 18.2 Å². The average Bonchev–Trinajstić information content (AvgIpc) is 2.74. The largest absolute Gasteiger partial charge is 0.401 e. The minimum atomic E-state index is -4.16. The van der Waals surface area contributed by atoms with Gasteiger partial charge in [-0.15, -0.1) is 0 Å². The first-order valence-corrected chi connectivity index (χ1v) is 6.44. The number of hydrogen-bond acceptors (Lipinski definition) is 1. The van der Waals surface area contributed by atoms with Gasteiger partial charge in [0.15, 0.2) is 0 Å². The standard InChI is InChI=1S/C14H15F3N2/c15-14(16,17)8-18-12-7-3-5-10-9-4-1-2-6-11(9)19-13(10)12/h1-2,4,6,12,18-19H,3,5,7-8H2. The van der Waals surface area contributed by atoms with Gasteiger partial charge in [-0.25, -0.2) is 0 Å². The van der Waals surface area contributed by atoms with Crippen molar-refractivity contribution in [1.29, 1.82) is 0 Å². The van der Waals surface area contributed by atoms with Crippen LogP contribution in [0, 0.1) is 0 Å². The van der Waals surface area contributed by atoms with Crippen LogP contribution in [0.15, 0.2) is 24.3 Å². The summed E-state index contributed by atoms with van der Waals surface area (Å²) in [7, 11) is 0. The highest BCUT2D eigenvalue weighted by Gasteiger charge is 2.30. The number of hydrogen-bond donors (Lipinski definition) is 2. The molecule has 1 aromatic heterocycles. The molecule has 0 fully saturated rings. The smallest absolute Gasteiger partial charge is 0.357 e. The van der Waals surface area contributed by atoms with Crippen molar-refractivity contribution in [2.24, 2.45) is 0 Å². The number of aromatic nitrogens is 1. The fourth-order valence-electron chi connectivity index (χ4n) is 2.86. The Bertz CT molecular complexity index is 586. The number of para-hydroxylation sites is 1. The number of benzene rings is 1. The van der Waals surface area contributed by atoms with Crippen molar-refractivity contribution in [3.8, 4) is 0 Å². The number of rotatable bonds is 2. The first-order chi connectivity index (χ1) is 9.04. The lowest BCUT2D eigenvalue weighted by molar-refractivity contribution is -0.126. The van der Waals surface area contributed by atoms with E-state index in [1.165, 1.54) is 5.56 Å². The molecule has 5 heteroatoms. The molecule has 0 radical (unpaired) electrons. The molecule has 1 heterocycles. The van der Waals surface area contributed by atoms with Crippen LogP contribution in [0.1, 0.15) is 30.1 Å². The predicted molar refractivity (Wildman–Crippen MR) is 68.0 cm³/mol. The molecule has 0 aliphatic heterocycles. The highest BCUT2D eigenvalue weighted by Crippen LogP contribution is 2.34. The molecular formula is C14H15F3N2. The highest BCUT2D eigenvalue weighted by molar-refractivity contribution is 5.85. The number of nitrogens with one attached hydrogen (secondary N) is 2. The summed E-state index contributed by atoms with van der Waals surface area (Å²) >= 11 is 0. The Hall–Kier alpha value is -1.49. The van der Waals surface area contributed by atoms with E-state index in [0.29, 0.717) is 0 Å². The van der Waals surface area contributed by atoms with Gasteiger partial charge in [0, 0.05) is 22.6 Å². The van der Waals surface area contributed by atoms with Crippen LogP contribution in [-0.4, -0.2) is 17.7 Å². The minimum Gasteiger partial charge on any atom is -0.357 e. The van der Waals surface area contributed by atoms with Crippen molar-refractivity contribution < 1.29 is 13.2 Å². The zero-order chi connectivity index (χ0) is 13.5. The van der Waals surface area contributed by atoms with Gasteiger partial charge in [0.05, 0.1) is 6.54 Å². The van der Waals surface area contributed by atoms with Crippen molar-refractivity contribution >= 4 is 10.9 Å². The van der Waals surface area contributed by atoms with Crippen LogP contribution >= 0.6 is 0 Å². The topological polar surface area (TPSA) is 27.8 Å². The van der Waals surface area contributed by atoms with Crippen LogP contribution in [0.2, 0.25) is 0 Å². The summed E-state index contributed by atoms with van der Waals surface area (Å²) in [5, 5.41) is 3.76. The summed E-state index contributed by atoms with van der Waals surface area (Å²) in [4.78, 5) is 3.27. The Morgan fingerprint density at radius 1 is 1.26 bits per heavy atom. The second-order valence-electron chi connectivity index (χ2n) is 5.00. The molecule has 0 amide bonds. The Morgan fingerprint density at radius 3 is 2.84 bits per heavy atom. The van der Waals surface area contributed by atoms with E-state index in [0.717, 1.165) is 35.9 Å². The van der Waals surface area contributed by atoms with Gasteiger partial charge < -0.3 is 10.3 Å². The Balaban J connectivity index is 1.91. The summed E-state index contributed by atoms with van der Waals surface area (Å²) in [6.45, 7) is -0.938. The maximum atomic E-state index is 12.3. The molecular weight excluding hydrogens is 253 g/mol. The lowest BCUT2D eigenvalue weighted by Crippen LogP contribution is -2.33. The fraction of sp³-hybridized carbons (Fsp3) is 0.429. The van der Waals surface area contributed by atoms with E-state index in [1.807, 2.05) is 24.3 Å². The average molecular weight is 268 g/mol. The van der Waals surface area contributed by atoms with Crippen molar-refractivity contribution in [2.75, 3.05) is 6.54 Å². The second kappa shape index (κ2) is 4.56. The van der Waals surface area contributed by atoms with Crippen LogP contribution in [0.3, 0.4) is 0 Å². The van der Waals surface area contributed by atoms with E-state index in [4.69, 9.17) is 0 Å². The summed E-state index contributed by atoms with van der Waals surface area (Å²) in [5.74, 6) is 0. The number of H-pyrrole nitrogens is 1. The number of fused-ring (bicyclic) bond motifs is 3. The molecule has 1 atom stereocenters. The molecule has 1 aromatic carbocycles. The van der Waals surface area contributed by atoms with Gasteiger partial charge in [-0.3, -0.25) is 0 Å². The van der Waals surface area contributed by atoms with E-state index in [9.17, 15) is 13.2 Å². The van der Waals surface area contributed by atoms with Crippen LogP contribution in [-0.2, 0) is 6.42 Å². The Labute approximate surface area is 109 Å². The third-order valence-electron chi connectivity index (χ3n) is 3.66. The van der Waals surface area contributed by atoms with E-state index in [1.54, 1.807) is 0 Å². The van der Waals surface area contributed by atoms with Crippen molar-refractivity contribution in [3.63, 3.8) is 0 Å². The fourth-order valence-corrected chi connectivity index (χ4v) is 2.86. The van der Waals surface area contributed by atoms with Crippen molar-refractivity contribution in [2.45, 2.75) is 31.5 Å². The molecule has 19 heavy (non-hydrogen) atoms. The summed E-state index contributed by atoms with van der Waals surface area (Å²) < 4.78 is 37.0. The first kappa shape index (κ1) is 12.5. The van der Waals surface area contributed by atoms with E-state index in [2.05, 4.69) is 10.3 Å². The summed E-state index contributed by atoms with van der Waals surface area (Å²) in [6.07, 6.45) is -1.56. The van der Waals surface area contributed by atoms with E-state index >= 15 is 0 Å². The quantitative estimate of drug-likeness (QED) is 0.854. The van der Waals surface area contributed by atoms with Gasteiger partial charge in [-0.05, 0) is 30.9 Å². The third kappa shape index (κ3) is 2.47. The van der Waals surface area contributed by atoms with Gasteiger partial charge >= 0.3 is 6.18 Å². The molecule has 0 saturated heterocycles. The summed E-state index contributed by atoms with van der Waals surface area (Å²) in [5.41, 5.74) is 3.10. The van der Waals surface area contributed by atoms with Crippen LogP contribution < -0.4 is 5.32 Å². The monoisotopic (exact) mass is 268 g/mol. The number of aryl methyl sites for hydroxylation is 1. The molecule has 0 bridgehead atoms. The molecule has 1 aliphatic carbocycles. The van der Waals surface area contributed by atoms with Gasteiger partial charge in [-0.2, -0.15) is 13.2 Å². The molecule has 0 spiro atoms. The van der Waals surface area contributed by atoms with Crippen molar-refractivity contribution in [3.05, 3.63) is 35.5 Å². The molecule has 102 valence electrons. The minimum absolute atomic E-state index is 0.224. The van der Waals surface area contributed by atoms with Crippen molar-refractivity contribution in [1.82, 2.24) is 10.3 Å². The van der Waals surface area contributed by atoms with E-state index in [-0.39, 0.29) is 6.04 Å². The number of alkyl halides is 3. The van der Waals surface area contributed by atoms with Gasteiger partial charge in [0.2, 0.25) is 0 Å². The zero-order valence-corrected chi connectivity index (χ0v) is 10.3. The second-order valence-corrected chi connectivity index (χ2v) is 5.00. The lowest BCUT2D eigenvalue weighted by Gasteiger charge is -2.24. The van der Waals surface area contributed by atoms with Crippen LogP contribution in [0.5, 0.6) is 0 Å². The normalized spacial score (nSPS) is 19.6. The lowest BCUT2D eigenvalue weighted by atomic mass is 9.92. The molecule has 2 aromatic rings. The molecule has 2 N–H and O–H groups in total.